The molecule has 0 heterocycles. The van der Waals surface area contributed by atoms with Gasteiger partial charge in [0.05, 0.1) is 6.61 Å². The van der Waals surface area contributed by atoms with E-state index in [2.05, 4.69) is 74.6 Å². The minimum Gasteiger partial charge on any atom is -0.462 e. The Kier molecular flexibility index (Phi) is 39.1. The van der Waals surface area contributed by atoms with E-state index in [0.717, 1.165) is 44.9 Å². The molecule has 0 rings (SSSR count). The maximum atomic E-state index is 12.2. The number of aliphatic hydroxyl groups excluding tert-OH is 1. The topological polar surface area (TPSA) is 72.8 Å². The number of allylic oxidation sites excluding steroid dienone is 10. The lowest BCUT2D eigenvalue weighted by atomic mass is 10.1. The van der Waals surface area contributed by atoms with Crippen LogP contribution in [0.4, 0.5) is 0 Å². The number of hydrogen-bond acceptors (Lipinski definition) is 5. The molecule has 50 heavy (non-hydrogen) atoms. The molecule has 0 aliphatic heterocycles. The summed E-state index contributed by atoms with van der Waals surface area (Å²) in [6, 6.07) is 0. The first-order valence-corrected chi connectivity index (χ1v) is 20.8. The van der Waals surface area contributed by atoms with Gasteiger partial charge in [-0.25, -0.2) is 0 Å². The molecule has 1 atom stereocenters. The van der Waals surface area contributed by atoms with Gasteiger partial charge in [-0.05, 0) is 77.0 Å². The van der Waals surface area contributed by atoms with Crippen molar-refractivity contribution in [3.8, 4) is 0 Å². The lowest BCUT2D eigenvalue weighted by molar-refractivity contribution is -0.161. The van der Waals surface area contributed by atoms with Crippen molar-refractivity contribution in [2.45, 2.75) is 200 Å². The SMILES string of the molecule is CCCCC/C=C/C/C=C/C/C=C/C/C=C/CCCC(=O)OC[C@H](CO)OC(=O)CCCCCCCCCCC/C=C/CCCCCCCC. The first-order valence-electron chi connectivity index (χ1n) is 20.8. The largest absolute Gasteiger partial charge is 0.462 e. The van der Waals surface area contributed by atoms with Crippen LogP contribution in [0.1, 0.15) is 194 Å². The molecule has 0 bridgehead atoms. The Morgan fingerprint density at radius 3 is 1.32 bits per heavy atom. The highest BCUT2D eigenvalue weighted by Crippen LogP contribution is 2.13. The van der Waals surface area contributed by atoms with Gasteiger partial charge in [-0.2, -0.15) is 0 Å². The number of carbonyl (C=O) groups is 2. The molecule has 0 amide bonds. The van der Waals surface area contributed by atoms with Gasteiger partial charge >= 0.3 is 11.9 Å². The maximum absolute atomic E-state index is 12.2. The van der Waals surface area contributed by atoms with Crippen molar-refractivity contribution in [2.24, 2.45) is 0 Å². The average molecular weight is 699 g/mol. The molecule has 5 heteroatoms. The highest BCUT2D eigenvalue weighted by molar-refractivity contribution is 5.70. The van der Waals surface area contributed by atoms with Gasteiger partial charge < -0.3 is 14.6 Å². The Labute approximate surface area is 309 Å². The summed E-state index contributed by atoms with van der Waals surface area (Å²) < 4.78 is 10.6. The van der Waals surface area contributed by atoms with Gasteiger partial charge in [0.15, 0.2) is 6.10 Å². The number of esters is 2. The molecule has 0 aromatic carbocycles. The monoisotopic (exact) mass is 699 g/mol. The first kappa shape index (κ1) is 47.6. The zero-order valence-electron chi connectivity index (χ0n) is 32.6. The fourth-order valence-electron chi connectivity index (χ4n) is 5.60. The molecule has 288 valence electrons. The van der Waals surface area contributed by atoms with Crippen molar-refractivity contribution >= 4 is 11.9 Å². The summed E-state index contributed by atoms with van der Waals surface area (Å²) in [5.41, 5.74) is 0. The van der Waals surface area contributed by atoms with Crippen LogP contribution < -0.4 is 0 Å². The van der Waals surface area contributed by atoms with Crippen molar-refractivity contribution in [1.82, 2.24) is 0 Å². The van der Waals surface area contributed by atoms with E-state index in [-0.39, 0.29) is 25.2 Å². The molecule has 0 spiro atoms. The second-order valence-corrected chi connectivity index (χ2v) is 13.7. The van der Waals surface area contributed by atoms with Crippen LogP contribution in [0.2, 0.25) is 0 Å². The Morgan fingerprint density at radius 1 is 0.460 bits per heavy atom. The van der Waals surface area contributed by atoms with Crippen LogP contribution in [-0.4, -0.2) is 36.4 Å². The van der Waals surface area contributed by atoms with Gasteiger partial charge in [-0.15, -0.1) is 0 Å². The van der Waals surface area contributed by atoms with Crippen molar-refractivity contribution in [2.75, 3.05) is 13.2 Å². The Morgan fingerprint density at radius 2 is 0.820 bits per heavy atom. The Balaban J connectivity index is 3.64. The molecule has 0 aromatic heterocycles. The number of carbonyl (C=O) groups excluding carboxylic acids is 2. The minimum absolute atomic E-state index is 0.0963. The van der Waals surface area contributed by atoms with Crippen molar-refractivity contribution < 1.29 is 24.2 Å². The molecule has 0 aliphatic carbocycles. The number of hydrogen-bond donors (Lipinski definition) is 1. The fourth-order valence-corrected chi connectivity index (χ4v) is 5.60. The summed E-state index contributed by atoms with van der Waals surface area (Å²) in [5.74, 6) is -0.660. The van der Waals surface area contributed by atoms with Crippen LogP contribution in [0.5, 0.6) is 0 Å². The van der Waals surface area contributed by atoms with E-state index in [9.17, 15) is 14.7 Å². The number of ether oxygens (including phenoxy) is 2. The van der Waals surface area contributed by atoms with Crippen LogP contribution in [0, 0.1) is 0 Å². The van der Waals surface area contributed by atoms with E-state index in [0.29, 0.717) is 19.3 Å². The summed E-state index contributed by atoms with van der Waals surface area (Å²) in [6.07, 6.45) is 52.9. The minimum atomic E-state index is -0.796. The quantitative estimate of drug-likeness (QED) is 0.0397. The number of unbranched alkanes of at least 4 members (excludes halogenated alkanes) is 19. The summed E-state index contributed by atoms with van der Waals surface area (Å²) in [5, 5.41) is 9.56. The standard InChI is InChI=1S/C45H78O5/c1-3-5-7-9-11-13-15-17-19-21-22-24-26-28-30-32-34-36-38-40-45(48)50-43(41-46)42-49-44(47)39-37-35-33-31-29-27-25-23-20-18-16-14-12-10-8-6-4-2/h12,14,17-20,25,27,31,33,43,46H,3-11,13,15-16,21-24,26,28-30,32,34-42H2,1-2H3/b14-12+,19-17+,20-18+,27-25+,33-31+/t43-/m0/s1. The summed E-state index contributed by atoms with van der Waals surface area (Å²) in [7, 11) is 0. The summed E-state index contributed by atoms with van der Waals surface area (Å²) in [6.45, 7) is 4.05. The van der Waals surface area contributed by atoms with Gasteiger partial charge in [0.25, 0.3) is 0 Å². The third kappa shape index (κ3) is 38.4. The number of rotatable bonds is 37. The molecule has 5 nitrogen and oxygen atoms in total. The van der Waals surface area contributed by atoms with E-state index < -0.39 is 6.10 Å². The van der Waals surface area contributed by atoms with Crippen molar-refractivity contribution in [3.05, 3.63) is 60.8 Å². The van der Waals surface area contributed by atoms with E-state index in [1.807, 2.05) is 0 Å². The first-order chi connectivity index (χ1) is 24.6. The van der Waals surface area contributed by atoms with Crippen molar-refractivity contribution in [1.29, 1.82) is 0 Å². The second-order valence-electron chi connectivity index (χ2n) is 13.7. The second kappa shape index (κ2) is 41.0. The van der Waals surface area contributed by atoms with Gasteiger partial charge in [-0.1, -0.05) is 164 Å². The molecule has 0 aliphatic rings. The van der Waals surface area contributed by atoms with Crippen LogP contribution in [0.3, 0.4) is 0 Å². The van der Waals surface area contributed by atoms with E-state index in [4.69, 9.17) is 9.47 Å². The third-order valence-electron chi connectivity index (χ3n) is 8.78. The van der Waals surface area contributed by atoms with Gasteiger partial charge in [0.2, 0.25) is 0 Å². The van der Waals surface area contributed by atoms with Crippen LogP contribution in [-0.2, 0) is 19.1 Å². The average Bonchev–Trinajstić information content (AvgIpc) is 3.12. The Bertz CT molecular complexity index is 884. The maximum Gasteiger partial charge on any atom is 0.306 e. The molecular weight excluding hydrogens is 620 g/mol. The van der Waals surface area contributed by atoms with E-state index >= 15 is 0 Å². The van der Waals surface area contributed by atoms with Crippen molar-refractivity contribution in [3.63, 3.8) is 0 Å². The number of aliphatic hydroxyl groups is 1. The predicted molar refractivity (Wildman–Crippen MR) is 214 cm³/mol. The molecule has 0 unspecified atom stereocenters. The third-order valence-corrected chi connectivity index (χ3v) is 8.78. The van der Waals surface area contributed by atoms with Gasteiger partial charge in [-0.3, -0.25) is 9.59 Å². The zero-order valence-corrected chi connectivity index (χ0v) is 32.6. The lowest BCUT2D eigenvalue weighted by Crippen LogP contribution is -2.28. The van der Waals surface area contributed by atoms with Gasteiger partial charge in [0, 0.05) is 12.8 Å². The van der Waals surface area contributed by atoms with Crippen LogP contribution in [0.15, 0.2) is 60.8 Å². The molecular formula is C45H78O5. The van der Waals surface area contributed by atoms with E-state index in [1.165, 1.54) is 116 Å². The predicted octanol–water partition coefficient (Wildman–Crippen LogP) is 13.2. The smallest absolute Gasteiger partial charge is 0.306 e. The fraction of sp³-hybridized carbons (Fsp3) is 0.733. The molecule has 0 saturated heterocycles. The zero-order chi connectivity index (χ0) is 36.4. The highest BCUT2D eigenvalue weighted by atomic mass is 16.6. The lowest BCUT2D eigenvalue weighted by Gasteiger charge is -2.15. The molecule has 0 radical (unpaired) electrons. The molecule has 0 fully saturated rings. The normalized spacial score (nSPS) is 12.8. The Hall–Kier alpha value is -2.40. The molecule has 1 N–H and O–H groups in total. The van der Waals surface area contributed by atoms with E-state index in [1.54, 1.807) is 0 Å². The summed E-state index contributed by atoms with van der Waals surface area (Å²) in [4.78, 5) is 24.3. The van der Waals surface area contributed by atoms with Crippen LogP contribution >= 0.6 is 0 Å². The van der Waals surface area contributed by atoms with Crippen LogP contribution in [0.25, 0.3) is 0 Å². The molecule has 0 saturated carbocycles. The molecule has 0 aromatic rings. The summed E-state index contributed by atoms with van der Waals surface area (Å²) >= 11 is 0. The van der Waals surface area contributed by atoms with Gasteiger partial charge in [0.1, 0.15) is 6.61 Å². The highest BCUT2D eigenvalue weighted by Gasteiger charge is 2.16.